The van der Waals surface area contributed by atoms with Crippen molar-refractivity contribution in [3.63, 3.8) is 0 Å². The second kappa shape index (κ2) is 7.79. The molecule has 0 saturated carbocycles. The van der Waals surface area contributed by atoms with E-state index in [9.17, 15) is 4.79 Å². The minimum Gasteiger partial charge on any atom is -0.352 e. The van der Waals surface area contributed by atoms with Gasteiger partial charge in [0.1, 0.15) is 17.7 Å². The predicted octanol–water partition coefficient (Wildman–Crippen LogP) is 4.23. The largest absolute Gasteiger partial charge is 0.352 e. The minimum absolute atomic E-state index is 0.0887. The number of anilines is 1. The summed E-state index contributed by atoms with van der Waals surface area (Å²) in [4.78, 5) is 24.2. The maximum Gasteiger partial charge on any atom is 0.246 e. The quantitative estimate of drug-likeness (QED) is 0.606. The Hall–Kier alpha value is -2.99. The molecule has 148 valence electrons. The highest BCUT2D eigenvalue weighted by molar-refractivity contribution is 6.34. The van der Waals surface area contributed by atoms with Crippen LogP contribution in [0.2, 0.25) is 5.02 Å². The van der Waals surface area contributed by atoms with Crippen LogP contribution in [0.25, 0.3) is 22.0 Å². The SMILES string of the molecule is C=CC(=O)N1CCN(c2ncnc3c(F)c(-c4ccccc4C)c(Cl)cc23)CC1. The molecule has 29 heavy (non-hydrogen) atoms. The van der Waals surface area contributed by atoms with Gasteiger partial charge in [-0.3, -0.25) is 4.79 Å². The fraction of sp³-hybridized carbons (Fsp3) is 0.227. The lowest BCUT2D eigenvalue weighted by Crippen LogP contribution is -2.48. The van der Waals surface area contributed by atoms with Crippen LogP contribution in [0.3, 0.4) is 0 Å². The summed E-state index contributed by atoms with van der Waals surface area (Å²) in [5.41, 5.74) is 2.27. The van der Waals surface area contributed by atoms with Crippen LogP contribution in [-0.4, -0.2) is 47.0 Å². The summed E-state index contributed by atoms with van der Waals surface area (Å²) < 4.78 is 15.5. The predicted molar refractivity (Wildman–Crippen MR) is 114 cm³/mol. The third-order valence-corrected chi connectivity index (χ3v) is 5.58. The number of rotatable bonds is 3. The molecule has 0 unspecified atom stereocenters. The molecule has 4 rings (SSSR count). The summed E-state index contributed by atoms with van der Waals surface area (Å²) in [7, 11) is 0. The first-order valence-corrected chi connectivity index (χ1v) is 9.74. The van der Waals surface area contributed by atoms with Crippen molar-refractivity contribution >= 4 is 34.2 Å². The van der Waals surface area contributed by atoms with E-state index in [0.717, 1.165) is 11.1 Å². The molecular formula is C22H20ClFN4O. The van der Waals surface area contributed by atoms with E-state index >= 15 is 4.39 Å². The Morgan fingerprint density at radius 2 is 1.93 bits per heavy atom. The van der Waals surface area contributed by atoms with Gasteiger partial charge in [0.05, 0.1) is 5.02 Å². The number of piperazine rings is 1. The lowest BCUT2D eigenvalue weighted by molar-refractivity contribution is -0.126. The number of carbonyl (C=O) groups is 1. The number of amides is 1. The van der Waals surface area contributed by atoms with E-state index in [4.69, 9.17) is 11.6 Å². The number of hydrogen-bond acceptors (Lipinski definition) is 4. The highest BCUT2D eigenvalue weighted by atomic mass is 35.5. The van der Waals surface area contributed by atoms with Gasteiger partial charge in [0.2, 0.25) is 5.91 Å². The highest BCUT2D eigenvalue weighted by Crippen LogP contribution is 2.38. The highest BCUT2D eigenvalue weighted by Gasteiger charge is 2.24. The lowest BCUT2D eigenvalue weighted by Gasteiger charge is -2.35. The fourth-order valence-corrected chi connectivity index (χ4v) is 4.03. The van der Waals surface area contributed by atoms with E-state index in [1.54, 1.807) is 11.0 Å². The third-order valence-electron chi connectivity index (χ3n) is 5.28. The van der Waals surface area contributed by atoms with Gasteiger partial charge in [-0.05, 0) is 30.2 Å². The molecule has 0 aliphatic carbocycles. The van der Waals surface area contributed by atoms with Crippen molar-refractivity contribution in [2.75, 3.05) is 31.1 Å². The van der Waals surface area contributed by atoms with Crippen LogP contribution in [0.4, 0.5) is 10.2 Å². The van der Waals surface area contributed by atoms with Crippen LogP contribution in [-0.2, 0) is 4.79 Å². The van der Waals surface area contributed by atoms with Crippen molar-refractivity contribution in [1.82, 2.24) is 14.9 Å². The summed E-state index contributed by atoms with van der Waals surface area (Å²) in [5.74, 6) is 0.0814. The van der Waals surface area contributed by atoms with Crippen LogP contribution >= 0.6 is 11.6 Å². The molecule has 0 atom stereocenters. The molecule has 2 aromatic carbocycles. The molecule has 1 aliphatic rings. The number of aryl methyl sites for hydroxylation is 1. The summed E-state index contributed by atoms with van der Waals surface area (Å²) in [5, 5.41) is 0.886. The Kier molecular flexibility index (Phi) is 5.20. The molecule has 1 aromatic heterocycles. The zero-order valence-electron chi connectivity index (χ0n) is 16.0. The van der Waals surface area contributed by atoms with Gasteiger partial charge in [-0.2, -0.15) is 0 Å². The topological polar surface area (TPSA) is 49.3 Å². The first-order chi connectivity index (χ1) is 14.0. The number of carbonyl (C=O) groups excluding carboxylic acids is 1. The second-order valence-electron chi connectivity index (χ2n) is 6.97. The molecule has 1 saturated heterocycles. The first-order valence-electron chi connectivity index (χ1n) is 9.36. The van der Waals surface area contributed by atoms with Gasteiger partial charge in [0.15, 0.2) is 5.82 Å². The van der Waals surface area contributed by atoms with Gasteiger partial charge < -0.3 is 9.80 Å². The number of benzene rings is 2. The van der Waals surface area contributed by atoms with Crippen LogP contribution in [0, 0.1) is 12.7 Å². The molecule has 7 heteroatoms. The average Bonchev–Trinajstić information content (AvgIpc) is 2.74. The van der Waals surface area contributed by atoms with Crippen LogP contribution in [0.1, 0.15) is 5.56 Å². The molecule has 2 heterocycles. The van der Waals surface area contributed by atoms with Gasteiger partial charge >= 0.3 is 0 Å². The first kappa shape index (κ1) is 19.3. The van der Waals surface area contributed by atoms with Crippen molar-refractivity contribution in [2.45, 2.75) is 6.92 Å². The number of hydrogen-bond donors (Lipinski definition) is 0. The van der Waals surface area contributed by atoms with Gasteiger partial charge in [-0.1, -0.05) is 42.4 Å². The Labute approximate surface area is 173 Å². The normalized spacial score (nSPS) is 14.3. The van der Waals surface area contributed by atoms with Gasteiger partial charge in [-0.25, -0.2) is 14.4 Å². The minimum atomic E-state index is -0.453. The van der Waals surface area contributed by atoms with Crippen molar-refractivity contribution in [2.24, 2.45) is 0 Å². The molecule has 5 nitrogen and oxygen atoms in total. The van der Waals surface area contributed by atoms with E-state index in [1.807, 2.05) is 36.1 Å². The Morgan fingerprint density at radius 3 is 2.62 bits per heavy atom. The Bertz CT molecular complexity index is 1110. The molecule has 1 amide bonds. The summed E-state index contributed by atoms with van der Waals surface area (Å²) in [6, 6.07) is 9.27. The Balaban J connectivity index is 1.76. The third kappa shape index (κ3) is 3.44. The van der Waals surface area contributed by atoms with Crippen LogP contribution < -0.4 is 4.90 Å². The number of nitrogens with zero attached hydrogens (tertiary/aromatic N) is 4. The summed E-state index contributed by atoms with van der Waals surface area (Å²) in [6.45, 7) is 7.73. The monoisotopic (exact) mass is 410 g/mol. The Morgan fingerprint density at radius 1 is 1.21 bits per heavy atom. The fourth-order valence-electron chi connectivity index (χ4n) is 3.74. The van der Waals surface area contributed by atoms with Gasteiger partial charge in [-0.15, -0.1) is 0 Å². The van der Waals surface area contributed by atoms with Crippen molar-refractivity contribution in [3.8, 4) is 11.1 Å². The molecule has 0 spiro atoms. The maximum atomic E-state index is 15.5. The van der Waals surface area contributed by atoms with E-state index < -0.39 is 5.82 Å². The van der Waals surface area contributed by atoms with Crippen molar-refractivity contribution in [1.29, 1.82) is 0 Å². The second-order valence-corrected chi connectivity index (χ2v) is 7.38. The van der Waals surface area contributed by atoms with Crippen LogP contribution in [0.5, 0.6) is 0 Å². The van der Waals surface area contributed by atoms with Crippen molar-refractivity contribution < 1.29 is 9.18 Å². The lowest BCUT2D eigenvalue weighted by atomic mass is 9.98. The number of fused-ring (bicyclic) bond motifs is 1. The molecule has 0 bridgehead atoms. The van der Waals surface area contributed by atoms with E-state index in [0.29, 0.717) is 48.0 Å². The van der Waals surface area contributed by atoms with Gasteiger partial charge in [0, 0.05) is 37.1 Å². The van der Waals surface area contributed by atoms with Crippen molar-refractivity contribution in [3.05, 3.63) is 65.7 Å². The summed E-state index contributed by atoms with van der Waals surface area (Å²) >= 11 is 6.53. The smallest absolute Gasteiger partial charge is 0.246 e. The standard InChI is InChI=1S/C22H20ClFN4O/c1-3-18(29)27-8-10-28(11-9-27)22-16-12-17(23)19(15-7-5-4-6-14(15)2)20(24)21(16)25-13-26-22/h3-7,12-13H,1,8-11H2,2H3. The maximum absolute atomic E-state index is 15.5. The summed E-state index contributed by atoms with van der Waals surface area (Å²) in [6.07, 6.45) is 2.69. The molecular weight excluding hydrogens is 391 g/mol. The average molecular weight is 411 g/mol. The number of halogens is 2. The number of aromatic nitrogens is 2. The molecule has 1 aliphatic heterocycles. The van der Waals surface area contributed by atoms with Crippen LogP contribution in [0.15, 0.2) is 49.3 Å². The molecule has 3 aromatic rings. The zero-order valence-corrected chi connectivity index (χ0v) is 16.8. The van der Waals surface area contributed by atoms with E-state index in [1.165, 1.54) is 12.4 Å². The van der Waals surface area contributed by atoms with E-state index in [2.05, 4.69) is 16.5 Å². The molecule has 0 N–H and O–H groups in total. The molecule has 1 fully saturated rings. The zero-order chi connectivity index (χ0) is 20.5. The molecule has 0 radical (unpaired) electrons. The van der Waals surface area contributed by atoms with Gasteiger partial charge in [0.25, 0.3) is 0 Å². The van der Waals surface area contributed by atoms with E-state index in [-0.39, 0.29) is 11.4 Å².